The van der Waals surface area contributed by atoms with Crippen molar-refractivity contribution in [2.24, 2.45) is 0 Å². The summed E-state index contributed by atoms with van der Waals surface area (Å²) in [5.41, 5.74) is 0. The van der Waals surface area contributed by atoms with Crippen LogP contribution in [-0.4, -0.2) is 35.4 Å². The highest BCUT2D eigenvalue weighted by Gasteiger charge is 2.95. The summed E-state index contributed by atoms with van der Waals surface area (Å²) in [6.07, 6.45) is 0. The molecule has 2 fully saturated rings. The molecular weight excluding hydrogens is 128 g/mol. The second-order valence-electron chi connectivity index (χ2n) is 1.91. The molecule has 2 aliphatic rings. The van der Waals surface area contributed by atoms with Crippen molar-refractivity contribution in [2.75, 3.05) is 13.2 Å². The second-order valence-corrected chi connectivity index (χ2v) is 1.91. The summed E-state index contributed by atoms with van der Waals surface area (Å²) in [6, 6.07) is 0. The molecule has 2 N–H and O–H groups in total. The number of rotatable bonds is 3. The average molecular weight is 134 g/mol. The van der Waals surface area contributed by atoms with Gasteiger partial charge in [-0.3, -0.25) is 9.47 Å². The molecule has 0 saturated carbocycles. The first-order chi connectivity index (χ1) is 4.22. The van der Waals surface area contributed by atoms with Gasteiger partial charge in [0.2, 0.25) is 0 Å². The van der Waals surface area contributed by atoms with E-state index in [1.807, 2.05) is 0 Å². The Bertz CT molecular complexity index is 138. The highest BCUT2D eigenvalue weighted by atomic mass is 17.2. The predicted molar refractivity (Wildman–Crippen MR) is 22.9 cm³/mol. The predicted octanol–water partition coefficient (Wildman–Crippen LogP) is -1.64. The van der Waals surface area contributed by atoms with Crippen molar-refractivity contribution in [1.29, 1.82) is 0 Å². The third-order valence-corrected chi connectivity index (χ3v) is 1.23. The zero-order valence-electron chi connectivity index (χ0n) is 4.53. The van der Waals surface area contributed by atoms with Crippen LogP contribution >= 0.6 is 0 Å². The van der Waals surface area contributed by atoms with E-state index in [1.165, 1.54) is 0 Å². The van der Waals surface area contributed by atoms with Crippen LogP contribution in [0.15, 0.2) is 0 Å². The number of epoxide rings is 2. The zero-order valence-corrected chi connectivity index (χ0v) is 4.53. The normalized spacial score (nSPS) is 52.7. The van der Waals surface area contributed by atoms with Crippen LogP contribution in [0.5, 0.6) is 0 Å². The van der Waals surface area contributed by atoms with Crippen molar-refractivity contribution < 1.29 is 24.4 Å². The van der Waals surface area contributed by atoms with Gasteiger partial charge in [-0.05, 0) is 0 Å². The Balaban J connectivity index is 1.78. The third-order valence-electron chi connectivity index (χ3n) is 1.23. The van der Waals surface area contributed by atoms with Crippen LogP contribution < -0.4 is 0 Å². The lowest BCUT2D eigenvalue weighted by Crippen LogP contribution is -2.08. The molecule has 5 nitrogen and oxygen atoms in total. The van der Waals surface area contributed by atoms with E-state index in [4.69, 9.17) is 14.9 Å². The molecule has 2 heterocycles. The SMILES string of the molecule is OCCOC12OC1(O)O2. The van der Waals surface area contributed by atoms with Crippen LogP contribution in [0.3, 0.4) is 0 Å². The third kappa shape index (κ3) is 0.552. The van der Waals surface area contributed by atoms with Crippen molar-refractivity contribution in [2.45, 2.75) is 11.9 Å². The van der Waals surface area contributed by atoms with Crippen molar-refractivity contribution in [3.8, 4) is 0 Å². The van der Waals surface area contributed by atoms with Crippen LogP contribution in [0, 0.1) is 0 Å². The van der Waals surface area contributed by atoms with E-state index in [9.17, 15) is 0 Å². The minimum Gasteiger partial charge on any atom is -0.394 e. The minimum atomic E-state index is -1.47. The molecule has 52 valence electrons. The Kier molecular flexibility index (Phi) is 0.792. The average Bonchev–Trinajstić information content (AvgIpc) is 2.48. The first-order valence-electron chi connectivity index (χ1n) is 2.60. The summed E-state index contributed by atoms with van der Waals surface area (Å²) in [5, 5.41) is 17.0. The van der Waals surface area contributed by atoms with Crippen molar-refractivity contribution >= 4 is 0 Å². The fraction of sp³-hybridized carbons (Fsp3) is 1.00. The van der Waals surface area contributed by atoms with Crippen LogP contribution in [0.2, 0.25) is 0 Å². The van der Waals surface area contributed by atoms with Gasteiger partial charge in [0.15, 0.2) is 0 Å². The maximum atomic E-state index is 8.73. The van der Waals surface area contributed by atoms with Gasteiger partial charge in [0.1, 0.15) is 0 Å². The van der Waals surface area contributed by atoms with E-state index >= 15 is 0 Å². The van der Waals surface area contributed by atoms with Crippen LogP contribution in [0.25, 0.3) is 0 Å². The first kappa shape index (κ1) is 5.57. The Hall–Kier alpha value is -0.200. The topological polar surface area (TPSA) is 74.8 Å². The van der Waals surface area contributed by atoms with E-state index in [-0.39, 0.29) is 13.2 Å². The van der Waals surface area contributed by atoms with Gasteiger partial charge in [0, 0.05) is 0 Å². The van der Waals surface area contributed by atoms with E-state index in [1.54, 1.807) is 0 Å². The zero-order chi connectivity index (χ0) is 6.54. The maximum absolute atomic E-state index is 8.73. The summed E-state index contributed by atoms with van der Waals surface area (Å²) in [6.45, 7) is 0.00681. The van der Waals surface area contributed by atoms with Gasteiger partial charge in [0.05, 0.1) is 13.2 Å². The molecule has 0 atom stereocenters. The molecule has 0 spiro atoms. The summed E-state index contributed by atoms with van der Waals surface area (Å²) in [7, 11) is 0. The summed E-state index contributed by atoms with van der Waals surface area (Å²) in [4.78, 5) is 0. The molecule has 0 unspecified atom stereocenters. The monoisotopic (exact) mass is 134 g/mol. The number of hydrogen-bond acceptors (Lipinski definition) is 5. The summed E-state index contributed by atoms with van der Waals surface area (Å²) < 4.78 is 13.7. The van der Waals surface area contributed by atoms with Crippen molar-refractivity contribution in [1.82, 2.24) is 0 Å². The van der Waals surface area contributed by atoms with E-state index in [2.05, 4.69) is 9.47 Å². The van der Waals surface area contributed by atoms with Gasteiger partial charge in [-0.25, -0.2) is 0 Å². The van der Waals surface area contributed by atoms with Crippen molar-refractivity contribution in [3.05, 3.63) is 0 Å². The molecular formula is C4H6O5. The smallest absolute Gasteiger partial charge is 0.379 e. The van der Waals surface area contributed by atoms with Gasteiger partial charge in [0.25, 0.3) is 0 Å². The molecule has 0 bridgehead atoms. The first-order valence-corrected chi connectivity index (χ1v) is 2.60. The van der Waals surface area contributed by atoms with Crippen LogP contribution in [0.4, 0.5) is 0 Å². The molecule has 0 aromatic heterocycles. The van der Waals surface area contributed by atoms with E-state index in [0.717, 1.165) is 0 Å². The lowest BCUT2D eigenvalue weighted by molar-refractivity contribution is -0.253. The molecule has 0 aromatic rings. The van der Waals surface area contributed by atoms with Gasteiger partial charge >= 0.3 is 11.9 Å². The van der Waals surface area contributed by atoms with Gasteiger partial charge in [-0.1, -0.05) is 0 Å². The fourth-order valence-corrected chi connectivity index (χ4v) is 0.651. The quantitative estimate of drug-likeness (QED) is 0.452. The Morgan fingerprint density at radius 1 is 1.44 bits per heavy atom. The standard InChI is InChI=1S/C4H6O5/c5-1-2-7-4-3(6,8-4)9-4/h5-6H,1-2H2. The molecule has 0 aromatic carbocycles. The molecule has 2 aliphatic heterocycles. The second kappa shape index (κ2) is 1.28. The summed E-state index contributed by atoms with van der Waals surface area (Å²) in [5.74, 6) is -2.67. The van der Waals surface area contributed by atoms with Crippen molar-refractivity contribution in [3.63, 3.8) is 0 Å². The van der Waals surface area contributed by atoms with E-state index in [0.29, 0.717) is 0 Å². The Morgan fingerprint density at radius 2 is 2.00 bits per heavy atom. The molecule has 0 aliphatic carbocycles. The number of ether oxygens (including phenoxy) is 3. The lowest BCUT2D eigenvalue weighted by atomic mass is 10.7. The number of aliphatic hydroxyl groups is 2. The van der Waals surface area contributed by atoms with E-state index < -0.39 is 11.9 Å². The Morgan fingerprint density at radius 3 is 2.33 bits per heavy atom. The minimum absolute atomic E-state index is 0.107. The summed E-state index contributed by atoms with van der Waals surface area (Å²) >= 11 is 0. The number of hydrogen-bond donors (Lipinski definition) is 2. The molecule has 5 heteroatoms. The molecule has 0 amide bonds. The molecule has 9 heavy (non-hydrogen) atoms. The van der Waals surface area contributed by atoms with Gasteiger partial charge in [-0.15, -0.1) is 0 Å². The molecule has 2 rings (SSSR count). The van der Waals surface area contributed by atoms with Gasteiger partial charge < -0.3 is 14.9 Å². The largest absolute Gasteiger partial charge is 0.394 e. The maximum Gasteiger partial charge on any atom is 0.379 e. The molecule has 0 radical (unpaired) electrons. The van der Waals surface area contributed by atoms with Gasteiger partial charge in [-0.2, -0.15) is 0 Å². The highest BCUT2D eigenvalue weighted by Crippen LogP contribution is 2.65. The Labute approximate surface area is 50.8 Å². The van der Waals surface area contributed by atoms with Crippen LogP contribution in [0.1, 0.15) is 0 Å². The fourth-order valence-electron chi connectivity index (χ4n) is 0.651. The number of fused-ring (bicyclic) bond motifs is 1. The highest BCUT2D eigenvalue weighted by molar-refractivity contribution is 5.02. The van der Waals surface area contributed by atoms with Crippen LogP contribution in [-0.2, 0) is 14.2 Å². The lowest BCUT2D eigenvalue weighted by Gasteiger charge is -1.96. The number of aliphatic hydroxyl groups excluding tert-OH is 1. The molecule has 2 saturated heterocycles.